The van der Waals surface area contributed by atoms with Gasteiger partial charge in [-0.1, -0.05) is 204 Å². The molecule has 6 heteroatoms. The predicted octanol–water partition coefficient (Wildman–Crippen LogP) is 17.4. The fourth-order valence-corrected chi connectivity index (χ4v) is 6.26. The van der Waals surface area contributed by atoms with Crippen LogP contribution in [0.5, 0.6) is 0 Å². The van der Waals surface area contributed by atoms with Crippen molar-refractivity contribution >= 4 is 17.9 Å². The Morgan fingerprint density at radius 1 is 0.313 bits per heavy atom. The lowest BCUT2D eigenvalue weighted by Gasteiger charge is -2.18. The van der Waals surface area contributed by atoms with Gasteiger partial charge in [0.1, 0.15) is 13.2 Å². The molecule has 0 aliphatic heterocycles. The third-order valence-corrected chi connectivity index (χ3v) is 10.0. The highest BCUT2D eigenvalue weighted by atomic mass is 16.6. The largest absolute Gasteiger partial charge is 0.462 e. The fraction of sp³-hybridized carbons (Fsp3) is 0.525. The molecule has 0 radical (unpaired) electrons. The summed E-state index contributed by atoms with van der Waals surface area (Å²) >= 11 is 0. The van der Waals surface area contributed by atoms with Crippen molar-refractivity contribution in [3.8, 4) is 0 Å². The molecule has 0 saturated heterocycles. The lowest BCUT2D eigenvalue weighted by molar-refractivity contribution is -0.166. The molecule has 0 bridgehead atoms. The normalized spacial score (nSPS) is 13.4. The molecule has 0 aliphatic carbocycles. The number of unbranched alkanes of at least 4 members (excludes halogenated alkanes) is 8. The molecule has 372 valence electrons. The topological polar surface area (TPSA) is 78.9 Å². The third kappa shape index (κ3) is 51.9. The maximum atomic E-state index is 12.7. The standard InChI is InChI=1S/C61H92O6/c1-4-7-10-13-16-19-22-25-27-28-29-30-31-32-34-36-39-42-45-48-51-54-60(63)66-57-58(56-65-59(62)53-50-47-44-41-38-35-24-21-18-15-12-9-6-3)67-61(64)55-52-49-46-43-40-37-33-26-23-20-17-14-11-8-5-2/h7-12,16-21,25-27,29-30,32-35,38,40,43,49,52,58H,4-6,13-15,22-24,28,31,36-37,39,41-42,44-48,50-51,53-57H2,1-3H3/b10-7-,11-8-,12-9-,19-16-,20-17-,21-18-,27-25-,30-29-,33-26-,34-32-,38-35-,43-40-,52-49-. The number of carbonyl (C=O) groups excluding carboxylic acids is 3. The zero-order chi connectivity index (χ0) is 48.6. The Balaban J connectivity index is 4.58. The minimum Gasteiger partial charge on any atom is -0.462 e. The van der Waals surface area contributed by atoms with Crippen LogP contribution in [0, 0.1) is 0 Å². The van der Waals surface area contributed by atoms with E-state index in [1.165, 1.54) is 0 Å². The summed E-state index contributed by atoms with van der Waals surface area (Å²) in [5, 5.41) is 0. The zero-order valence-electron chi connectivity index (χ0n) is 42.3. The Hall–Kier alpha value is -4.97. The van der Waals surface area contributed by atoms with Gasteiger partial charge in [-0.15, -0.1) is 0 Å². The van der Waals surface area contributed by atoms with E-state index in [4.69, 9.17) is 14.2 Å². The van der Waals surface area contributed by atoms with Gasteiger partial charge < -0.3 is 14.2 Å². The van der Waals surface area contributed by atoms with Crippen LogP contribution in [0.15, 0.2) is 158 Å². The molecule has 0 heterocycles. The summed E-state index contributed by atoms with van der Waals surface area (Å²) in [5.41, 5.74) is 0. The number of carbonyl (C=O) groups is 3. The van der Waals surface area contributed by atoms with Crippen LogP contribution >= 0.6 is 0 Å². The highest BCUT2D eigenvalue weighted by molar-refractivity contribution is 5.72. The van der Waals surface area contributed by atoms with E-state index in [-0.39, 0.29) is 31.6 Å². The van der Waals surface area contributed by atoms with Gasteiger partial charge in [0.2, 0.25) is 0 Å². The van der Waals surface area contributed by atoms with Crippen LogP contribution in [-0.4, -0.2) is 37.2 Å². The lowest BCUT2D eigenvalue weighted by atomic mass is 10.1. The number of esters is 3. The molecule has 0 aromatic rings. The fourth-order valence-electron chi connectivity index (χ4n) is 6.26. The quantitative estimate of drug-likeness (QED) is 0.0262. The molecule has 6 nitrogen and oxygen atoms in total. The molecule has 0 saturated carbocycles. The molecule has 0 N–H and O–H groups in total. The third-order valence-electron chi connectivity index (χ3n) is 10.0. The molecular weight excluding hydrogens is 829 g/mol. The van der Waals surface area contributed by atoms with Crippen LogP contribution < -0.4 is 0 Å². The van der Waals surface area contributed by atoms with Crippen molar-refractivity contribution in [2.24, 2.45) is 0 Å². The first-order chi connectivity index (χ1) is 33.0. The summed E-state index contributed by atoms with van der Waals surface area (Å²) in [6, 6.07) is 0. The molecular formula is C61H92O6. The minimum atomic E-state index is -0.860. The van der Waals surface area contributed by atoms with Crippen LogP contribution in [0.3, 0.4) is 0 Å². The van der Waals surface area contributed by atoms with E-state index < -0.39 is 12.1 Å². The minimum absolute atomic E-state index is 0.0774. The van der Waals surface area contributed by atoms with Crippen LogP contribution in [0.4, 0.5) is 0 Å². The summed E-state index contributed by atoms with van der Waals surface area (Å²) in [6.07, 6.45) is 78.3. The monoisotopic (exact) mass is 921 g/mol. The Labute approximate surface area is 409 Å². The zero-order valence-corrected chi connectivity index (χ0v) is 42.3. The summed E-state index contributed by atoms with van der Waals surface area (Å²) in [7, 11) is 0. The van der Waals surface area contributed by atoms with Gasteiger partial charge in [-0.3, -0.25) is 14.4 Å². The van der Waals surface area contributed by atoms with Gasteiger partial charge in [-0.25, -0.2) is 0 Å². The van der Waals surface area contributed by atoms with Crippen molar-refractivity contribution in [1.82, 2.24) is 0 Å². The Kier molecular flexibility index (Phi) is 49.7. The molecule has 0 aromatic carbocycles. The van der Waals surface area contributed by atoms with Crippen molar-refractivity contribution in [2.75, 3.05) is 13.2 Å². The molecule has 0 spiro atoms. The smallest absolute Gasteiger partial charge is 0.310 e. The number of rotatable bonds is 44. The summed E-state index contributed by atoms with van der Waals surface area (Å²) in [6.45, 7) is 6.14. The van der Waals surface area contributed by atoms with Gasteiger partial charge in [0.05, 0.1) is 6.42 Å². The van der Waals surface area contributed by atoms with E-state index in [2.05, 4.69) is 167 Å². The molecule has 0 fully saturated rings. The lowest BCUT2D eigenvalue weighted by Crippen LogP contribution is -2.30. The van der Waals surface area contributed by atoms with Crippen molar-refractivity contribution < 1.29 is 28.6 Å². The molecule has 0 rings (SSSR count). The van der Waals surface area contributed by atoms with Gasteiger partial charge in [0, 0.05) is 12.8 Å². The van der Waals surface area contributed by atoms with Gasteiger partial charge in [0.25, 0.3) is 0 Å². The van der Waals surface area contributed by atoms with Gasteiger partial charge in [-0.2, -0.15) is 0 Å². The van der Waals surface area contributed by atoms with E-state index in [0.29, 0.717) is 19.3 Å². The van der Waals surface area contributed by atoms with Crippen molar-refractivity contribution in [2.45, 2.75) is 194 Å². The number of hydrogen-bond acceptors (Lipinski definition) is 6. The first-order valence-electron chi connectivity index (χ1n) is 26.0. The second-order valence-corrected chi connectivity index (χ2v) is 16.3. The van der Waals surface area contributed by atoms with E-state index in [1.54, 1.807) is 6.08 Å². The summed E-state index contributed by atoms with van der Waals surface area (Å²) in [5.74, 6) is -1.14. The molecule has 0 aromatic heterocycles. The molecule has 67 heavy (non-hydrogen) atoms. The average molecular weight is 921 g/mol. The maximum absolute atomic E-state index is 12.7. The second-order valence-electron chi connectivity index (χ2n) is 16.3. The molecule has 0 aliphatic rings. The number of hydrogen-bond donors (Lipinski definition) is 0. The van der Waals surface area contributed by atoms with E-state index in [1.807, 2.05) is 6.08 Å². The number of allylic oxidation sites excluding steroid dienone is 25. The first-order valence-corrected chi connectivity index (χ1v) is 26.0. The SMILES string of the molecule is CC/C=C\C/C=C\C/C=C\C/C=C\C/C=C\CCCCCCCC(=O)OCC(COC(=O)CCCCC/C=C\C/C=C\C/C=C\CC)OC(=O)C/C=C\C/C=C\C/C=C\C/C=C\C/C=C\CC. The molecule has 1 unspecified atom stereocenters. The van der Waals surface area contributed by atoms with Gasteiger partial charge in [0.15, 0.2) is 6.10 Å². The van der Waals surface area contributed by atoms with Crippen LogP contribution in [0.2, 0.25) is 0 Å². The Morgan fingerprint density at radius 2 is 0.582 bits per heavy atom. The Bertz CT molecular complexity index is 1570. The summed E-state index contributed by atoms with van der Waals surface area (Å²) < 4.78 is 16.6. The van der Waals surface area contributed by atoms with E-state index in [9.17, 15) is 14.4 Å². The van der Waals surface area contributed by atoms with Crippen molar-refractivity contribution in [3.63, 3.8) is 0 Å². The van der Waals surface area contributed by atoms with Crippen LogP contribution in [0.25, 0.3) is 0 Å². The predicted molar refractivity (Wildman–Crippen MR) is 288 cm³/mol. The van der Waals surface area contributed by atoms with Gasteiger partial charge in [-0.05, 0) is 122 Å². The average Bonchev–Trinajstić information content (AvgIpc) is 3.33. The van der Waals surface area contributed by atoms with Gasteiger partial charge >= 0.3 is 17.9 Å². The van der Waals surface area contributed by atoms with Crippen LogP contribution in [-0.2, 0) is 28.6 Å². The first kappa shape index (κ1) is 62.0. The van der Waals surface area contributed by atoms with Crippen molar-refractivity contribution in [3.05, 3.63) is 158 Å². The second kappa shape index (κ2) is 53.6. The Morgan fingerprint density at radius 3 is 0.925 bits per heavy atom. The molecule has 1 atom stereocenters. The van der Waals surface area contributed by atoms with Crippen LogP contribution in [0.1, 0.15) is 188 Å². The number of ether oxygens (including phenoxy) is 3. The highest BCUT2D eigenvalue weighted by Crippen LogP contribution is 2.11. The summed E-state index contributed by atoms with van der Waals surface area (Å²) in [4.78, 5) is 37.9. The highest BCUT2D eigenvalue weighted by Gasteiger charge is 2.19. The van der Waals surface area contributed by atoms with Crippen molar-refractivity contribution in [1.29, 1.82) is 0 Å². The maximum Gasteiger partial charge on any atom is 0.310 e. The van der Waals surface area contributed by atoms with E-state index in [0.717, 1.165) is 141 Å². The molecule has 0 amide bonds. The van der Waals surface area contributed by atoms with E-state index >= 15 is 0 Å².